The van der Waals surface area contributed by atoms with Gasteiger partial charge in [-0.25, -0.2) is 4.85 Å². The Labute approximate surface area is 543 Å². The minimum absolute atomic E-state index is 0.0491. The van der Waals surface area contributed by atoms with Crippen LogP contribution in [0.1, 0.15) is 62.4 Å². The molecule has 3 heterocycles. The minimum atomic E-state index is -5.16. The molecule has 0 aliphatic carbocycles. The number of hydrogen-bond donors (Lipinski definition) is 5. The van der Waals surface area contributed by atoms with Gasteiger partial charge in [-0.05, 0) is 126 Å². The first-order valence-corrected chi connectivity index (χ1v) is 32.8. The zero-order valence-corrected chi connectivity index (χ0v) is 54.1. The molecule has 5 N–H and O–H groups in total. The number of ketones is 2. The lowest BCUT2D eigenvalue weighted by molar-refractivity contribution is -0.120. The fourth-order valence-corrected chi connectivity index (χ4v) is 12.4. The Morgan fingerprint density at radius 1 is 0.663 bits per heavy atom. The molecule has 0 saturated heterocycles. The Morgan fingerprint density at radius 3 is 1.55 bits per heavy atom. The highest BCUT2D eigenvalue weighted by atomic mass is 32.2. The number of aromatic nitrogens is 3. The first kappa shape index (κ1) is 69.0. The number of rotatable bonds is 26. The smallest absolute Gasteiger partial charge is 0.372 e. The van der Waals surface area contributed by atoms with Crippen LogP contribution in [-0.2, 0) is 45.7 Å². The van der Waals surface area contributed by atoms with Crippen molar-refractivity contribution in [1.82, 2.24) is 15.0 Å². The molecule has 0 spiro atoms. The number of hydrogen-bond acceptors (Lipinski definition) is 24. The van der Waals surface area contributed by atoms with Gasteiger partial charge >= 0.3 is 10.6 Å². The number of benzene rings is 5. The minimum Gasteiger partial charge on any atom is -0.372 e. The summed E-state index contributed by atoms with van der Waals surface area (Å²) >= 11 is 3.03. The first-order valence-electron chi connectivity index (χ1n) is 27.7. The van der Waals surface area contributed by atoms with Crippen molar-refractivity contribution >= 4 is 164 Å². The number of para-hydroxylation sites is 2. The van der Waals surface area contributed by atoms with Gasteiger partial charge in [0.25, 0.3) is 21.9 Å². The molecule has 470 valence electrons. The van der Waals surface area contributed by atoms with Gasteiger partial charge in [0, 0.05) is 59.6 Å². The Bertz CT molecular complexity index is 4480. The van der Waals surface area contributed by atoms with E-state index in [1.165, 1.54) is 30.8 Å². The van der Waals surface area contributed by atoms with Crippen molar-refractivity contribution in [2.75, 3.05) is 57.2 Å². The Morgan fingerprint density at radius 2 is 1.12 bits per heavy atom. The van der Waals surface area contributed by atoms with Gasteiger partial charge in [-0.15, -0.1) is 50.6 Å². The van der Waals surface area contributed by atoms with Gasteiger partial charge in [-0.3, -0.25) is 23.7 Å². The zero-order chi connectivity index (χ0) is 66.5. The van der Waals surface area contributed by atoms with Crippen LogP contribution in [0.2, 0.25) is 0 Å². The van der Waals surface area contributed by atoms with Gasteiger partial charge in [-0.1, -0.05) is 78.5 Å². The number of azo groups is 2. The van der Waals surface area contributed by atoms with Gasteiger partial charge in [0.2, 0.25) is 17.6 Å². The van der Waals surface area contributed by atoms with E-state index in [0.717, 1.165) is 41.3 Å². The second kappa shape index (κ2) is 32.8. The highest BCUT2D eigenvalue weighted by molar-refractivity contribution is 7.98. The molecule has 0 unspecified atom stereocenters. The maximum Gasteiger partial charge on any atom is 0.425 e. The van der Waals surface area contributed by atoms with Crippen molar-refractivity contribution in [1.29, 1.82) is 5.26 Å². The number of anilines is 8. The summed E-state index contributed by atoms with van der Waals surface area (Å²) in [5.74, 6) is -2.06. The third-order valence-electron chi connectivity index (χ3n) is 13.0. The fourth-order valence-electron chi connectivity index (χ4n) is 8.61. The molecule has 0 fully saturated rings. The molecular weight excluding hydrogens is 1280 g/mol. The summed E-state index contributed by atoms with van der Waals surface area (Å²) in [6.45, 7) is 21.0. The van der Waals surface area contributed by atoms with E-state index in [0.29, 0.717) is 81.7 Å². The van der Waals surface area contributed by atoms with Crippen LogP contribution in [0.5, 0.6) is 0 Å². The quantitative estimate of drug-likeness (QED) is 0.00639. The number of nitrogens with one attached hydrogen (secondary N) is 4. The number of amides is 2. The second-order valence-corrected chi connectivity index (χ2v) is 23.8. The summed E-state index contributed by atoms with van der Waals surface area (Å²) < 4.78 is 61.8. The van der Waals surface area contributed by atoms with E-state index >= 15 is 0 Å². The number of carbonyl (C=O) groups is 4. The van der Waals surface area contributed by atoms with Crippen LogP contribution in [-0.4, -0.2) is 90.1 Å². The maximum atomic E-state index is 13.4. The molecule has 0 aliphatic rings. The van der Waals surface area contributed by atoms with Gasteiger partial charge in [0.1, 0.15) is 32.9 Å². The molecule has 30 heteroatoms. The molecule has 0 saturated carbocycles. The lowest BCUT2D eigenvalue weighted by atomic mass is 10.1. The van der Waals surface area contributed by atoms with E-state index in [2.05, 4.69) is 56.4 Å². The standard InChI is InChI=1S/C62H57N15O7S4.O3S/c1-8-76(9-2)43-27-29-49(72-74-58-48(36-63)55(88(82,83)84)54(87-58)35-47(39(6)79)57(81)66-42-25-19-14-20-26-42)51(31-43)67-60-69-61(71-62(70-60)85-37-40-21-15-12-16-22-40)68-52-32-44(77(10-3)11-4)28-30-50(52)73-75-59-53(64-7)34-45(86-59)33-46(38(5)78)56(80)65-41-23-17-13-18-24-41;1-4(2)3/h12-35H,8-11,37H2,1-6H3,(H,65,80)(H,66,81)(H,82,83,84)(H2,67,68,69,70,71);/b46-33+,47-35-,74-72?,75-73?;. The molecule has 5 aromatic carbocycles. The van der Waals surface area contributed by atoms with Crippen molar-refractivity contribution in [2.24, 2.45) is 20.5 Å². The maximum absolute atomic E-state index is 13.4. The van der Waals surface area contributed by atoms with E-state index in [9.17, 15) is 37.4 Å². The molecule has 2 amide bonds. The average Bonchev–Trinajstić information content (AvgIpc) is 1.61. The van der Waals surface area contributed by atoms with Crippen molar-refractivity contribution in [2.45, 2.75) is 57.3 Å². The normalized spacial score (nSPS) is 11.4. The number of nitrogens with zero attached hydrogens (tertiary/aromatic N) is 11. The fraction of sp³-hybridized carbons (Fsp3) is 0.177. The highest BCUT2D eigenvalue weighted by Crippen LogP contribution is 2.44. The third kappa shape index (κ3) is 19.0. The Hall–Kier alpha value is -10.5. The molecule has 8 rings (SSSR count). The van der Waals surface area contributed by atoms with Crippen LogP contribution in [0, 0.1) is 17.9 Å². The molecule has 3 aromatic heterocycles. The molecule has 92 heavy (non-hydrogen) atoms. The van der Waals surface area contributed by atoms with Crippen LogP contribution in [0.4, 0.5) is 73.1 Å². The highest BCUT2D eigenvalue weighted by Gasteiger charge is 2.29. The van der Waals surface area contributed by atoms with E-state index < -0.39 is 60.1 Å². The summed E-state index contributed by atoms with van der Waals surface area (Å²) in [7, 11) is -8.27. The number of carbonyl (C=O) groups excluding carboxylic acids is 4. The molecule has 8 aromatic rings. The monoisotopic (exact) mass is 1330 g/mol. The van der Waals surface area contributed by atoms with Crippen LogP contribution in [0.25, 0.3) is 17.0 Å². The number of thioether (sulfide) groups is 1. The first-order chi connectivity index (χ1) is 44.1. The number of thiophene rings is 2. The molecule has 0 bridgehead atoms. The van der Waals surface area contributed by atoms with Crippen LogP contribution in [0.15, 0.2) is 175 Å². The van der Waals surface area contributed by atoms with Crippen molar-refractivity contribution in [3.8, 4) is 6.07 Å². The van der Waals surface area contributed by atoms with Crippen molar-refractivity contribution in [3.05, 3.63) is 177 Å². The van der Waals surface area contributed by atoms with Gasteiger partial charge < -0.3 is 31.1 Å². The average molecular weight is 1330 g/mol. The lowest BCUT2D eigenvalue weighted by Gasteiger charge is -2.22. The summed E-state index contributed by atoms with van der Waals surface area (Å²) in [4.78, 5) is 74.1. The topological polar surface area (TPSA) is 345 Å². The summed E-state index contributed by atoms with van der Waals surface area (Å²) in [5.41, 5.74) is 3.71. The second-order valence-electron chi connectivity index (χ2n) is 19.0. The molecule has 0 atom stereocenters. The van der Waals surface area contributed by atoms with E-state index in [4.69, 9.17) is 34.2 Å². The van der Waals surface area contributed by atoms with Gasteiger partial charge in [0.15, 0.2) is 21.7 Å². The zero-order valence-electron chi connectivity index (χ0n) is 50.0. The molecular formula is C62H57N15O10S5. The Balaban J connectivity index is 0.00000291. The largest absolute Gasteiger partial charge is 0.425 e. The SMILES string of the molecule is O=S(=O)=O.[C-]#[N+]c1cc(/C=C(\C(C)=O)C(=O)Nc2ccccc2)sc1N=Nc1ccc(N(CC)CC)cc1Nc1nc(Nc2cc(N(CC)CC)ccc2N=Nc2sc(/C=C(/C(C)=O)C(=O)Nc3ccccc3)c(S(=O)(=O)O)c2C#N)nc(SCc2ccccc2)n1. The summed E-state index contributed by atoms with van der Waals surface area (Å²) in [6, 6.07) is 40.8. The van der Waals surface area contributed by atoms with E-state index in [-0.39, 0.29) is 43.7 Å². The van der Waals surface area contributed by atoms with Gasteiger partial charge in [0.05, 0.1) is 34.0 Å². The predicted octanol–water partition coefficient (Wildman–Crippen LogP) is 14.2. The van der Waals surface area contributed by atoms with E-state index in [1.807, 2.05) is 70.2 Å². The van der Waals surface area contributed by atoms with Crippen LogP contribution < -0.4 is 31.1 Å². The van der Waals surface area contributed by atoms with Crippen molar-refractivity contribution in [3.63, 3.8) is 0 Å². The molecule has 25 nitrogen and oxygen atoms in total. The lowest BCUT2D eigenvalue weighted by Crippen LogP contribution is -2.21. The number of nitriles is 1. The summed E-state index contributed by atoms with van der Waals surface area (Å²) in [5, 5.41) is 40.7. The molecule has 0 aliphatic heterocycles. The van der Waals surface area contributed by atoms with Crippen LogP contribution in [0.3, 0.4) is 0 Å². The third-order valence-corrected chi connectivity index (χ3v) is 16.9. The van der Waals surface area contributed by atoms with Crippen molar-refractivity contribution < 1.29 is 44.8 Å². The predicted molar refractivity (Wildman–Crippen MR) is 357 cm³/mol. The van der Waals surface area contributed by atoms with Gasteiger partial charge in [-0.2, -0.15) is 33.7 Å². The summed E-state index contributed by atoms with van der Waals surface area (Å²) in [6.07, 6.45) is 2.41. The Kier molecular flexibility index (Phi) is 24.6. The molecule has 0 radical (unpaired) electrons. The van der Waals surface area contributed by atoms with Crippen LogP contribution >= 0.6 is 34.4 Å². The van der Waals surface area contributed by atoms with E-state index in [1.54, 1.807) is 91.0 Å². The number of Topliss-reactive ketones (excluding diaryl/α,β-unsaturated/α-hetero) is 2.